The molecule has 2 aromatic carbocycles. The molecule has 4 rings (SSSR count). The van der Waals surface area contributed by atoms with Crippen molar-refractivity contribution in [3.05, 3.63) is 72.0 Å². The monoisotopic (exact) mass is 419 g/mol. The van der Waals surface area contributed by atoms with E-state index in [2.05, 4.69) is 22.8 Å². The topological polar surface area (TPSA) is 74.6 Å². The molecule has 0 aliphatic carbocycles. The maximum Gasteiger partial charge on any atom is 0.314 e. The van der Waals surface area contributed by atoms with Crippen LogP contribution in [0.25, 0.3) is 11.0 Å². The summed E-state index contributed by atoms with van der Waals surface area (Å²) in [6.07, 6.45) is 3.62. The number of carbonyl (C=O) groups is 2. The number of carbonyl (C=O) groups excluding carboxylic acids is 2. The van der Waals surface area contributed by atoms with Crippen LogP contribution < -0.4 is 10.6 Å². The zero-order valence-corrected chi connectivity index (χ0v) is 17.7. The van der Waals surface area contributed by atoms with Gasteiger partial charge in [0.1, 0.15) is 5.58 Å². The Kier molecular flexibility index (Phi) is 6.87. The van der Waals surface area contributed by atoms with Crippen LogP contribution >= 0.6 is 0 Å². The van der Waals surface area contributed by atoms with Crippen molar-refractivity contribution >= 4 is 22.9 Å². The number of amides is 3. The maximum absolute atomic E-state index is 12.7. The van der Waals surface area contributed by atoms with E-state index in [0.29, 0.717) is 37.9 Å². The Morgan fingerprint density at radius 2 is 1.71 bits per heavy atom. The summed E-state index contributed by atoms with van der Waals surface area (Å²) in [6, 6.07) is 19.6. The smallest absolute Gasteiger partial charge is 0.314 e. The highest BCUT2D eigenvalue weighted by molar-refractivity contribution is 5.96. The van der Waals surface area contributed by atoms with E-state index in [4.69, 9.17) is 4.42 Å². The molecule has 6 heteroatoms. The third kappa shape index (κ3) is 5.66. The molecule has 0 unspecified atom stereocenters. The highest BCUT2D eigenvalue weighted by atomic mass is 16.3. The number of aryl methyl sites for hydroxylation is 1. The standard InChI is InChI=1S/C25H29N3O3/c29-24(23-17-21-10-4-5-11-22(21)31-23)28-15-12-20(13-16-28)18-27-25(30)26-14-6-9-19-7-2-1-3-8-19/h1-5,7-8,10-11,17,20H,6,9,12-16,18H2,(H2,26,27,30). The first kappa shape index (κ1) is 21.0. The molecule has 0 spiro atoms. The van der Waals surface area contributed by atoms with E-state index in [1.54, 1.807) is 0 Å². The van der Waals surface area contributed by atoms with Gasteiger partial charge in [0.25, 0.3) is 5.91 Å². The van der Waals surface area contributed by atoms with Crippen LogP contribution in [0.5, 0.6) is 0 Å². The molecule has 31 heavy (non-hydrogen) atoms. The van der Waals surface area contributed by atoms with Crippen LogP contribution in [0.15, 0.2) is 65.1 Å². The van der Waals surface area contributed by atoms with Crippen molar-refractivity contribution in [1.29, 1.82) is 0 Å². The lowest BCUT2D eigenvalue weighted by Crippen LogP contribution is -2.43. The molecule has 0 atom stereocenters. The number of rotatable bonds is 7. The molecule has 1 aromatic heterocycles. The summed E-state index contributed by atoms with van der Waals surface area (Å²) in [6.45, 7) is 2.66. The predicted octanol–water partition coefficient (Wildman–Crippen LogP) is 4.22. The number of para-hydroxylation sites is 1. The number of piperidine rings is 1. The van der Waals surface area contributed by atoms with Gasteiger partial charge in [-0.25, -0.2) is 4.79 Å². The minimum atomic E-state index is -0.117. The summed E-state index contributed by atoms with van der Waals surface area (Å²) >= 11 is 0. The molecule has 3 aromatic rings. The minimum Gasteiger partial charge on any atom is -0.451 e. The van der Waals surface area contributed by atoms with Crippen LogP contribution in [0, 0.1) is 5.92 Å². The van der Waals surface area contributed by atoms with Crippen molar-refractivity contribution < 1.29 is 14.0 Å². The second-order valence-electron chi connectivity index (χ2n) is 8.11. The van der Waals surface area contributed by atoms with E-state index >= 15 is 0 Å². The van der Waals surface area contributed by atoms with Crippen molar-refractivity contribution in [1.82, 2.24) is 15.5 Å². The van der Waals surface area contributed by atoms with Gasteiger partial charge in [-0.3, -0.25) is 4.79 Å². The average Bonchev–Trinajstić information content (AvgIpc) is 3.25. The molecule has 1 fully saturated rings. The molecular formula is C25H29N3O3. The Morgan fingerprint density at radius 3 is 2.48 bits per heavy atom. The predicted molar refractivity (Wildman–Crippen MR) is 121 cm³/mol. The van der Waals surface area contributed by atoms with Crippen LogP contribution in [0.2, 0.25) is 0 Å². The lowest BCUT2D eigenvalue weighted by atomic mass is 9.96. The van der Waals surface area contributed by atoms with Gasteiger partial charge in [0.2, 0.25) is 0 Å². The number of nitrogens with zero attached hydrogens (tertiary/aromatic N) is 1. The Labute approximate surface area is 182 Å². The lowest BCUT2D eigenvalue weighted by molar-refractivity contribution is 0.0661. The normalized spacial score (nSPS) is 14.5. The molecule has 0 radical (unpaired) electrons. The van der Waals surface area contributed by atoms with E-state index < -0.39 is 0 Å². The van der Waals surface area contributed by atoms with Gasteiger partial charge in [-0.15, -0.1) is 0 Å². The SMILES string of the molecule is O=C(NCCCc1ccccc1)NCC1CCN(C(=O)c2cc3ccccc3o2)CC1. The quantitative estimate of drug-likeness (QED) is 0.563. The third-order valence-electron chi connectivity index (χ3n) is 5.86. The zero-order chi connectivity index (χ0) is 21.5. The summed E-state index contributed by atoms with van der Waals surface area (Å²) in [7, 11) is 0. The molecule has 1 saturated heterocycles. The Balaban J connectivity index is 1.14. The molecule has 0 bridgehead atoms. The Bertz CT molecular complexity index is 974. The third-order valence-corrected chi connectivity index (χ3v) is 5.86. The van der Waals surface area contributed by atoms with Gasteiger partial charge in [0, 0.05) is 31.6 Å². The fourth-order valence-corrected chi connectivity index (χ4v) is 4.02. The summed E-state index contributed by atoms with van der Waals surface area (Å²) in [5.41, 5.74) is 2.02. The first-order valence-corrected chi connectivity index (χ1v) is 11.0. The fourth-order valence-electron chi connectivity index (χ4n) is 4.02. The molecule has 6 nitrogen and oxygen atoms in total. The molecule has 1 aliphatic heterocycles. The zero-order valence-electron chi connectivity index (χ0n) is 17.7. The summed E-state index contributed by atoms with van der Waals surface area (Å²) in [4.78, 5) is 26.6. The van der Waals surface area contributed by atoms with Crippen molar-refractivity contribution in [2.45, 2.75) is 25.7 Å². The van der Waals surface area contributed by atoms with Gasteiger partial charge in [0.15, 0.2) is 5.76 Å². The first-order valence-electron chi connectivity index (χ1n) is 11.0. The number of urea groups is 1. The van der Waals surface area contributed by atoms with E-state index in [1.165, 1.54) is 5.56 Å². The molecule has 2 N–H and O–H groups in total. The lowest BCUT2D eigenvalue weighted by Gasteiger charge is -2.31. The van der Waals surface area contributed by atoms with Crippen LogP contribution in [0.3, 0.4) is 0 Å². The van der Waals surface area contributed by atoms with Crippen LogP contribution in [0.4, 0.5) is 4.79 Å². The molecule has 2 heterocycles. The maximum atomic E-state index is 12.7. The van der Waals surface area contributed by atoms with E-state index in [-0.39, 0.29) is 11.9 Å². The minimum absolute atomic E-state index is 0.0567. The van der Waals surface area contributed by atoms with Crippen LogP contribution in [-0.4, -0.2) is 43.0 Å². The Hall–Kier alpha value is -3.28. The first-order chi connectivity index (χ1) is 15.2. The highest BCUT2D eigenvalue weighted by Gasteiger charge is 2.25. The Morgan fingerprint density at radius 1 is 0.968 bits per heavy atom. The number of fused-ring (bicyclic) bond motifs is 1. The van der Waals surface area contributed by atoms with Crippen molar-refractivity contribution in [2.75, 3.05) is 26.2 Å². The van der Waals surface area contributed by atoms with E-state index in [1.807, 2.05) is 53.4 Å². The van der Waals surface area contributed by atoms with Gasteiger partial charge in [0.05, 0.1) is 0 Å². The molecular weight excluding hydrogens is 390 g/mol. The van der Waals surface area contributed by atoms with Crippen LogP contribution in [-0.2, 0) is 6.42 Å². The number of hydrogen-bond acceptors (Lipinski definition) is 3. The molecule has 3 amide bonds. The number of benzene rings is 2. The second kappa shape index (κ2) is 10.2. The van der Waals surface area contributed by atoms with Gasteiger partial charge in [-0.05, 0) is 49.3 Å². The highest BCUT2D eigenvalue weighted by Crippen LogP contribution is 2.23. The number of likely N-dealkylation sites (tertiary alicyclic amines) is 1. The molecule has 162 valence electrons. The van der Waals surface area contributed by atoms with Crippen molar-refractivity contribution in [3.8, 4) is 0 Å². The van der Waals surface area contributed by atoms with Crippen molar-refractivity contribution in [2.24, 2.45) is 5.92 Å². The summed E-state index contributed by atoms with van der Waals surface area (Å²) in [5, 5.41) is 6.84. The van der Waals surface area contributed by atoms with E-state index in [9.17, 15) is 9.59 Å². The molecule has 0 saturated carbocycles. The van der Waals surface area contributed by atoms with Gasteiger partial charge < -0.3 is 20.0 Å². The molecule has 1 aliphatic rings. The van der Waals surface area contributed by atoms with E-state index in [0.717, 1.165) is 36.7 Å². The van der Waals surface area contributed by atoms with Crippen molar-refractivity contribution in [3.63, 3.8) is 0 Å². The van der Waals surface area contributed by atoms with Gasteiger partial charge >= 0.3 is 6.03 Å². The van der Waals surface area contributed by atoms with Gasteiger partial charge in [-0.2, -0.15) is 0 Å². The largest absolute Gasteiger partial charge is 0.451 e. The summed E-state index contributed by atoms with van der Waals surface area (Å²) < 4.78 is 5.71. The summed E-state index contributed by atoms with van der Waals surface area (Å²) in [5.74, 6) is 0.723. The fraction of sp³-hybridized carbons (Fsp3) is 0.360. The average molecular weight is 420 g/mol. The number of nitrogens with one attached hydrogen (secondary N) is 2. The number of furan rings is 1. The second-order valence-corrected chi connectivity index (χ2v) is 8.11. The van der Waals surface area contributed by atoms with Crippen LogP contribution in [0.1, 0.15) is 35.4 Å². The van der Waals surface area contributed by atoms with Gasteiger partial charge in [-0.1, -0.05) is 48.5 Å². The number of hydrogen-bond donors (Lipinski definition) is 2.